The van der Waals surface area contributed by atoms with Crippen LogP contribution in [0.15, 0.2) is 24.3 Å². The molecule has 0 aromatic heterocycles. The van der Waals surface area contributed by atoms with Crippen molar-refractivity contribution in [2.45, 2.75) is 51.6 Å². The molecule has 1 aromatic carbocycles. The zero-order valence-corrected chi connectivity index (χ0v) is 12.9. The van der Waals surface area contributed by atoms with Crippen LogP contribution in [-0.4, -0.2) is 41.2 Å². The molecule has 1 fully saturated rings. The summed E-state index contributed by atoms with van der Waals surface area (Å²) in [5, 5.41) is 8.74. The molecule has 21 heavy (non-hydrogen) atoms. The van der Waals surface area contributed by atoms with Crippen LogP contribution in [0.4, 0.5) is 0 Å². The average Bonchev–Trinajstić information content (AvgIpc) is 2.81. The lowest BCUT2D eigenvalue weighted by molar-refractivity contribution is -0.136. The summed E-state index contributed by atoms with van der Waals surface area (Å²) in [6, 6.07) is 8.68. The number of hydrogen-bond acceptors (Lipinski definition) is 3. The highest BCUT2D eigenvalue weighted by molar-refractivity contribution is 5.70. The number of likely N-dealkylation sites (tertiary alicyclic amines) is 1. The Labute approximate surface area is 126 Å². The van der Waals surface area contributed by atoms with Crippen LogP contribution >= 0.6 is 0 Å². The minimum Gasteiger partial charge on any atom is -0.492 e. The molecule has 0 aliphatic carbocycles. The molecule has 2 unspecified atom stereocenters. The normalized spacial score (nSPS) is 22.4. The van der Waals surface area contributed by atoms with Crippen LogP contribution in [0.5, 0.6) is 5.75 Å². The van der Waals surface area contributed by atoms with E-state index in [1.54, 1.807) is 0 Å². The second-order valence-corrected chi connectivity index (χ2v) is 5.79. The summed E-state index contributed by atoms with van der Waals surface area (Å²) in [4.78, 5) is 13.2. The van der Waals surface area contributed by atoms with Crippen molar-refractivity contribution >= 4 is 5.97 Å². The van der Waals surface area contributed by atoms with Gasteiger partial charge in [-0.15, -0.1) is 0 Å². The molecule has 1 aliphatic rings. The van der Waals surface area contributed by atoms with Crippen molar-refractivity contribution in [3.63, 3.8) is 0 Å². The van der Waals surface area contributed by atoms with Crippen molar-refractivity contribution in [3.8, 4) is 5.75 Å². The quantitative estimate of drug-likeness (QED) is 0.839. The van der Waals surface area contributed by atoms with Gasteiger partial charge in [0.05, 0.1) is 6.42 Å². The number of carboxylic acid groups (broad SMARTS) is 1. The first-order valence-electron chi connectivity index (χ1n) is 7.79. The van der Waals surface area contributed by atoms with E-state index in [1.165, 1.54) is 19.3 Å². The molecule has 0 saturated carbocycles. The number of carboxylic acids is 1. The summed E-state index contributed by atoms with van der Waals surface area (Å²) in [5.74, 6) is 0.00124. The first kappa shape index (κ1) is 15.8. The molecule has 1 aromatic rings. The predicted octanol–water partition coefficient (Wildman–Crippen LogP) is 2.96. The fraction of sp³-hybridized carbons (Fsp3) is 0.588. The third kappa shape index (κ3) is 4.46. The van der Waals surface area contributed by atoms with Crippen molar-refractivity contribution in [2.24, 2.45) is 0 Å². The molecular weight excluding hydrogens is 266 g/mol. The SMILES string of the molecule is CCC1CCC(C)N1CCOc1ccc(CC(=O)O)cc1. The van der Waals surface area contributed by atoms with Crippen LogP contribution in [0.3, 0.4) is 0 Å². The maximum Gasteiger partial charge on any atom is 0.307 e. The monoisotopic (exact) mass is 291 g/mol. The van der Waals surface area contributed by atoms with Crippen molar-refractivity contribution in [1.29, 1.82) is 0 Å². The Balaban J connectivity index is 1.79. The summed E-state index contributed by atoms with van der Waals surface area (Å²) >= 11 is 0. The van der Waals surface area contributed by atoms with Gasteiger partial charge in [0.25, 0.3) is 0 Å². The van der Waals surface area contributed by atoms with Crippen molar-refractivity contribution < 1.29 is 14.6 Å². The number of rotatable bonds is 7. The maximum absolute atomic E-state index is 10.6. The molecule has 0 spiro atoms. The molecule has 2 rings (SSSR count). The Morgan fingerprint density at radius 3 is 2.67 bits per heavy atom. The van der Waals surface area contributed by atoms with Gasteiger partial charge < -0.3 is 9.84 Å². The number of nitrogens with zero attached hydrogens (tertiary/aromatic N) is 1. The van der Waals surface area contributed by atoms with Crippen LogP contribution in [0.25, 0.3) is 0 Å². The van der Waals surface area contributed by atoms with Crippen LogP contribution in [-0.2, 0) is 11.2 Å². The Hall–Kier alpha value is -1.55. The van der Waals surface area contributed by atoms with Crippen LogP contribution in [0.2, 0.25) is 0 Å². The second kappa shape index (κ2) is 7.46. The zero-order chi connectivity index (χ0) is 15.2. The Kier molecular flexibility index (Phi) is 5.62. The molecule has 4 nitrogen and oxygen atoms in total. The van der Waals surface area contributed by atoms with E-state index in [2.05, 4.69) is 18.7 Å². The standard InChI is InChI=1S/C17H25NO3/c1-3-15-7-4-13(2)18(15)10-11-21-16-8-5-14(6-9-16)12-17(19)20/h5-6,8-9,13,15H,3-4,7,10-12H2,1-2H3,(H,19,20). The number of ether oxygens (including phenoxy) is 1. The van der Waals surface area contributed by atoms with Gasteiger partial charge in [0.2, 0.25) is 0 Å². The molecule has 2 atom stereocenters. The lowest BCUT2D eigenvalue weighted by Crippen LogP contribution is -2.37. The highest BCUT2D eigenvalue weighted by Gasteiger charge is 2.28. The maximum atomic E-state index is 10.6. The number of benzene rings is 1. The summed E-state index contributed by atoms with van der Waals surface area (Å²) in [6.07, 6.45) is 3.84. The molecular formula is C17H25NO3. The van der Waals surface area contributed by atoms with Crippen LogP contribution in [0, 0.1) is 0 Å². The van der Waals surface area contributed by atoms with E-state index < -0.39 is 5.97 Å². The molecule has 4 heteroatoms. The van der Waals surface area contributed by atoms with E-state index in [4.69, 9.17) is 9.84 Å². The minimum atomic E-state index is -0.808. The molecule has 1 saturated heterocycles. The van der Waals surface area contributed by atoms with Crippen molar-refractivity contribution in [2.75, 3.05) is 13.2 Å². The third-order valence-electron chi connectivity index (χ3n) is 4.32. The molecule has 0 amide bonds. The molecule has 0 bridgehead atoms. The van der Waals surface area contributed by atoms with E-state index in [1.807, 2.05) is 24.3 Å². The third-order valence-corrected chi connectivity index (χ3v) is 4.32. The number of hydrogen-bond donors (Lipinski definition) is 1. The van der Waals surface area contributed by atoms with Gasteiger partial charge in [0, 0.05) is 18.6 Å². The van der Waals surface area contributed by atoms with E-state index in [0.29, 0.717) is 18.7 Å². The Morgan fingerprint density at radius 1 is 1.33 bits per heavy atom. The van der Waals surface area contributed by atoms with Gasteiger partial charge in [0.15, 0.2) is 0 Å². The van der Waals surface area contributed by atoms with E-state index in [9.17, 15) is 4.79 Å². The second-order valence-electron chi connectivity index (χ2n) is 5.79. The molecule has 1 N–H and O–H groups in total. The van der Waals surface area contributed by atoms with Gasteiger partial charge in [-0.1, -0.05) is 19.1 Å². The van der Waals surface area contributed by atoms with Gasteiger partial charge >= 0.3 is 5.97 Å². The molecule has 1 heterocycles. The van der Waals surface area contributed by atoms with Gasteiger partial charge in [0.1, 0.15) is 12.4 Å². The topological polar surface area (TPSA) is 49.8 Å². The Morgan fingerprint density at radius 2 is 2.05 bits per heavy atom. The fourth-order valence-electron chi connectivity index (χ4n) is 3.11. The Bertz CT molecular complexity index is 458. The van der Waals surface area contributed by atoms with Crippen molar-refractivity contribution in [3.05, 3.63) is 29.8 Å². The van der Waals surface area contributed by atoms with E-state index >= 15 is 0 Å². The van der Waals surface area contributed by atoms with E-state index in [0.717, 1.165) is 17.9 Å². The minimum absolute atomic E-state index is 0.0593. The summed E-state index contributed by atoms with van der Waals surface area (Å²) < 4.78 is 5.78. The molecule has 0 radical (unpaired) electrons. The summed E-state index contributed by atoms with van der Waals surface area (Å²) in [6.45, 7) is 6.17. The van der Waals surface area contributed by atoms with Gasteiger partial charge in [-0.25, -0.2) is 0 Å². The summed E-state index contributed by atoms with van der Waals surface area (Å²) in [7, 11) is 0. The van der Waals surface area contributed by atoms with Gasteiger partial charge in [-0.05, 0) is 43.9 Å². The van der Waals surface area contributed by atoms with Crippen LogP contribution in [0.1, 0.15) is 38.7 Å². The first-order valence-corrected chi connectivity index (χ1v) is 7.79. The highest BCUT2D eigenvalue weighted by atomic mass is 16.5. The molecule has 1 aliphatic heterocycles. The smallest absolute Gasteiger partial charge is 0.307 e. The van der Waals surface area contributed by atoms with Gasteiger partial charge in [-0.2, -0.15) is 0 Å². The predicted molar refractivity (Wildman–Crippen MR) is 82.8 cm³/mol. The number of aliphatic carboxylic acids is 1. The molecule has 116 valence electrons. The summed E-state index contributed by atoms with van der Waals surface area (Å²) in [5.41, 5.74) is 0.800. The van der Waals surface area contributed by atoms with Crippen LogP contribution < -0.4 is 4.74 Å². The number of carbonyl (C=O) groups is 1. The van der Waals surface area contributed by atoms with Gasteiger partial charge in [-0.3, -0.25) is 9.69 Å². The first-order chi connectivity index (χ1) is 10.1. The average molecular weight is 291 g/mol. The van der Waals surface area contributed by atoms with Crippen molar-refractivity contribution in [1.82, 2.24) is 4.90 Å². The largest absolute Gasteiger partial charge is 0.492 e. The lowest BCUT2D eigenvalue weighted by Gasteiger charge is -2.27. The lowest BCUT2D eigenvalue weighted by atomic mass is 10.1. The fourth-order valence-corrected chi connectivity index (χ4v) is 3.11. The highest BCUT2D eigenvalue weighted by Crippen LogP contribution is 2.25. The zero-order valence-electron chi connectivity index (χ0n) is 12.9. The van der Waals surface area contributed by atoms with E-state index in [-0.39, 0.29) is 6.42 Å².